The van der Waals surface area contributed by atoms with E-state index in [1.165, 1.54) is 4.90 Å². The number of carbonyl (C=O) groups excluding carboxylic acids is 2. The number of likely N-dealkylation sites (tertiary alicyclic amines) is 1. The minimum absolute atomic E-state index is 0.108. The summed E-state index contributed by atoms with van der Waals surface area (Å²) in [5.41, 5.74) is 2.05. The number of nitrogens with zero attached hydrogens (tertiary/aromatic N) is 8. The van der Waals surface area contributed by atoms with Gasteiger partial charge in [-0.2, -0.15) is 0 Å². The highest BCUT2D eigenvalue weighted by Crippen LogP contribution is 2.25. The lowest BCUT2D eigenvalue weighted by atomic mass is 10.1. The van der Waals surface area contributed by atoms with Crippen molar-refractivity contribution in [2.24, 2.45) is 0 Å². The van der Waals surface area contributed by atoms with Crippen molar-refractivity contribution in [3.63, 3.8) is 0 Å². The second-order valence-electron chi connectivity index (χ2n) is 8.48. The molecule has 1 fully saturated rings. The molecular formula is C21H26F2N10O2. The number of pyridine rings is 1. The molecule has 1 aliphatic heterocycles. The van der Waals surface area contributed by atoms with Crippen molar-refractivity contribution >= 4 is 17.6 Å². The van der Waals surface area contributed by atoms with Gasteiger partial charge >= 0.3 is 0 Å². The zero-order valence-corrected chi connectivity index (χ0v) is 19.2. The summed E-state index contributed by atoms with van der Waals surface area (Å²) >= 11 is 0. The topological polar surface area (TPSA) is 136 Å². The molecule has 0 unspecified atom stereocenters. The lowest BCUT2D eigenvalue weighted by molar-refractivity contribution is -0.141. The summed E-state index contributed by atoms with van der Waals surface area (Å²) in [6.07, 6.45) is 6.41. The van der Waals surface area contributed by atoms with Gasteiger partial charge in [-0.05, 0) is 31.4 Å². The third-order valence-electron chi connectivity index (χ3n) is 5.30. The fourth-order valence-corrected chi connectivity index (χ4v) is 3.51. The van der Waals surface area contributed by atoms with Crippen molar-refractivity contribution < 1.29 is 18.4 Å². The van der Waals surface area contributed by atoms with Crippen molar-refractivity contribution in [2.45, 2.75) is 45.3 Å². The van der Waals surface area contributed by atoms with Gasteiger partial charge in [0.25, 0.3) is 11.8 Å². The number of rotatable bonds is 11. The summed E-state index contributed by atoms with van der Waals surface area (Å²) in [7, 11) is 0. The number of alkyl halides is 2. The maximum absolute atomic E-state index is 12.8. The number of unbranched alkanes of at least 4 members (excludes halogenated alkanes) is 1. The SMILES string of the molecule is Cc1ccc(CNC(=O)c2cn(CCCCn3cc(NC(=O)CN4CC(F)(F)C4)nn3)nn2)cn1. The van der Waals surface area contributed by atoms with E-state index in [4.69, 9.17) is 0 Å². The van der Waals surface area contributed by atoms with Crippen LogP contribution in [0.3, 0.4) is 0 Å². The highest BCUT2D eigenvalue weighted by molar-refractivity contribution is 5.92. The number of carbonyl (C=O) groups is 2. The molecule has 0 saturated carbocycles. The van der Waals surface area contributed by atoms with E-state index in [9.17, 15) is 18.4 Å². The van der Waals surface area contributed by atoms with Crippen LogP contribution >= 0.6 is 0 Å². The molecule has 35 heavy (non-hydrogen) atoms. The van der Waals surface area contributed by atoms with Gasteiger partial charge in [0.05, 0.1) is 32.0 Å². The molecule has 4 rings (SSSR count). The molecule has 0 atom stereocenters. The van der Waals surface area contributed by atoms with Gasteiger partial charge in [-0.25, -0.2) is 8.78 Å². The Labute approximate surface area is 199 Å². The van der Waals surface area contributed by atoms with Crippen LogP contribution in [-0.2, 0) is 24.4 Å². The number of nitrogens with one attached hydrogen (secondary N) is 2. The molecule has 14 heteroatoms. The second kappa shape index (κ2) is 10.6. The first-order chi connectivity index (χ1) is 16.8. The van der Waals surface area contributed by atoms with Crippen LogP contribution in [0.1, 0.15) is 34.6 Å². The predicted octanol–water partition coefficient (Wildman–Crippen LogP) is 0.873. The fourth-order valence-electron chi connectivity index (χ4n) is 3.51. The van der Waals surface area contributed by atoms with Gasteiger partial charge in [0.1, 0.15) is 0 Å². The van der Waals surface area contributed by atoms with Crippen LogP contribution in [0.2, 0.25) is 0 Å². The molecule has 2 N–H and O–H groups in total. The Kier molecular flexibility index (Phi) is 7.39. The summed E-state index contributed by atoms with van der Waals surface area (Å²) in [4.78, 5) is 29.7. The summed E-state index contributed by atoms with van der Waals surface area (Å²) in [6, 6.07) is 3.79. The minimum Gasteiger partial charge on any atom is -0.346 e. The molecule has 3 aromatic heterocycles. The largest absolute Gasteiger partial charge is 0.346 e. The molecule has 0 spiro atoms. The predicted molar refractivity (Wildman–Crippen MR) is 119 cm³/mol. The van der Waals surface area contributed by atoms with Crippen molar-refractivity contribution in [1.29, 1.82) is 0 Å². The first-order valence-electron chi connectivity index (χ1n) is 11.2. The van der Waals surface area contributed by atoms with Crippen molar-refractivity contribution in [3.05, 3.63) is 47.7 Å². The summed E-state index contributed by atoms with van der Waals surface area (Å²) in [5, 5.41) is 21.1. The molecule has 0 aliphatic carbocycles. The first kappa shape index (κ1) is 24.3. The van der Waals surface area contributed by atoms with E-state index < -0.39 is 24.9 Å². The fraction of sp³-hybridized carbons (Fsp3) is 0.476. The zero-order valence-electron chi connectivity index (χ0n) is 19.2. The normalized spacial score (nSPS) is 14.9. The summed E-state index contributed by atoms with van der Waals surface area (Å²) in [6.45, 7) is 2.47. The molecule has 1 aliphatic rings. The molecule has 0 radical (unpaired) electrons. The van der Waals surface area contributed by atoms with Crippen LogP contribution < -0.4 is 10.6 Å². The van der Waals surface area contributed by atoms with Gasteiger partial charge in [0, 0.05) is 31.5 Å². The van der Waals surface area contributed by atoms with Crippen LogP contribution in [0.25, 0.3) is 0 Å². The van der Waals surface area contributed by atoms with Gasteiger partial charge in [-0.3, -0.25) is 28.8 Å². The molecule has 12 nitrogen and oxygen atoms in total. The molecule has 2 amide bonds. The molecule has 0 aromatic carbocycles. The standard InChI is InChI=1S/C21H26F2N10O2/c1-15-4-5-16(8-24-15)9-25-20(35)17-10-32(29-27-17)6-2-3-7-33-11-18(28-30-33)26-19(34)12-31-13-21(22,23)14-31/h4-5,8,10-11H,2-3,6-7,9,12-14H2,1H3,(H,25,35)(H,26,34). The Bertz CT molecular complexity index is 1150. The summed E-state index contributed by atoms with van der Waals surface area (Å²) in [5.74, 6) is -3.15. The third kappa shape index (κ3) is 7.09. The minimum atomic E-state index is -2.71. The number of hydrogen-bond donors (Lipinski definition) is 2. The van der Waals surface area contributed by atoms with E-state index in [0.29, 0.717) is 19.6 Å². The first-order valence-corrected chi connectivity index (χ1v) is 11.2. The molecule has 186 valence electrons. The molecular weight excluding hydrogens is 462 g/mol. The molecule has 3 aromatic rings. The van der Waals surface area contributed by atoms with Gasteiger partial charge < -0.3 is 10.6 Å². The number of aryl methyl sites for hydroxylation is 3. The van der Waals surface area contributed by atoms with Crippen molar-refractivity contribution in [3.8, 4) is 0 Å². The van der Waals surface area contributed by atoms with Crippen LogP contribution in [0.5, 0.6) is 0 Å². The number of anilines is 1. The van der Waals surface area contributed by atoms with Crippen LogP contribution in [0.4, 0.5) is 14.6 Å². The summed E-state index contributed by atoms with van der Waals surface area (Å²) < 4.78 is 28.9. The van der Waals surface area contributed by atoms with Crippen LogP contribution in [0.15, 0.2) is 30.7 Å². The van der Waals surface area contributed by atoms with E-state index in [-0.39, 0.29) is 24.0 Å². The Morgan fingerprint density at radius 3 is 2.46 bits per heavy atom. The van der Waals surface area contributed by atoms with Crippen LogP contribution in [0, 0.1) is 6.92 Å². The molecule has 1 saturated heterocycles. The van der Waals surface area contributed by atoms with E-state index in [1.54, 1.807) is 28.0 Å². The smallest absolute Gasteiger partial charge is 0.273 e. The highest BCUT2D eigenvalue weighted by atomic mass is 19.3. The number of halogens is 2. The number of aromatic nitrogens is 7. The van der Waals surface area contributed by atoms with E-state index in [0.717, 1.165) is 24.1 Å². The van der Waals surface area contributed by atoms with Gasteiger partial charge in [-0.15, -0.1) is 10.2 Å². The van der Waals surface area contributed by atoms with Crippen molar-refractivity contribution in [2.75, 3.05) is 25.0 Å². The molecule has 4 heterocycles. The Morgan fingerprint density at radius 2 is 1.77 bits per heavy atom. The number of hydrogen-bond acceptors (Lipinski definition) is 8. The lowest BCUT2D eigenvalue weighted by Gasteiger charge is -2.37. The quantitative estimate of drug-likeness (QED) is 0.380. The average molecular weight is 489 g/mol. The third-order valence-corrected chi connectivity index (χ3v) is 5.30. The lowest BCUT2D eigenvalue weighted by Crippen LogP contribution is -2.57. The highest BCUT2D eigenvalue weighted by Gasteiger charge is 2.44. The second-order valence-corrected chi connectivity index (χ2v) is 8.48. The van der Waals surface area contributed by atoms with Gasteiger partial charge in [0.15, 0.2) is 11.5 Å². The Morgan fingerprint density at radius 1 is 1.06 bits per heavy atom. The molecule has 0 bridgehead atoms. The van der Waals surface area contributed by atoms with Gasteiger partial charge in [-0.1, -0.05) is 16.5 Å². The Hall–Kier alpha value is -3.81. The van der Waals surface area contributed by atoms with Crippen molar-refractivity contribution in [1.82, 2.24) is 45.2 Å². The monoisotopic (exact) mass is 488 g/mol. The zero-order chi connectivity index (χ0) is 24.8. The Balaban J connectivity index is 1.13. The maximum Gasteiger partial charge on any atom is 0.273 e. The van der Waals surface area contributed by atoms with Crippen LogP contribution in [-0.4, -0.2) is 77.2 Å². The average Bonchev–Trinajstić information content (AvgIpc) is 3.44. The van der Waals surface area contributed by atoms with Gasteiger partial charge in [0.2, 0.25) is 5.91 Å². The maximum atomic E-state index is 12.8. The van der Waals surface area contributed by atoms with E-state index in [2.05, 4.69) is 36.2 Å². The van der Waals surface area contributed by atoms with E-state index >= 15 is 0 Å². The number of amides is 2. The van der Waals surface area contributed by atoms with E-state index in [1.807, 2.05) is 19.1 Å².